The molecule has 0 aromatic carbocycles. The average molecular weight is 212 g/mol. The molecule has 0 aliphatic heterocycles. The van der Waals surface area contributed by atoms with Crippen LogP contribution in [0.25, 0.3) is 9.78 Å². The van der Waals surface area contributed by atoms with Gasteiger partial charge in [0.05, 0.1) is 0 Å². The first-order valence-electron chi connectivity index (χ1n) is 3.33. The third-order valence-electron chi connectivity index (χ3n) is 1.64. The fraction of sp³-hybridized carbons (Fsp3) is 0.286. The third kappa shape index (κ3) is 0.988. The summed E-state index contributed by atoms with van der Waals surface area (Å²) in [7, 11) is 0. The predicted molar refractivity (Wildman–Crippen MR) is 43.7 cm³/mol. The van der Waals surface area contributed by atoms with Crippen molar-refractivity contribution in [1.82, 2.24) is 14.2 Å². The van der Waals surface area contributed by atoms with Crippen molar-refractivity contribution in [2.45, 2.75) is 13.8 Å². The molecule has 0 saturated heterocycles. The van der Waals surface area contributed by atoms with Gasteiger partial charge < -0.3 is 0 Å². The molecule has 0 fully saturated rings. The molecule has 0 spiro atoms. The van der Waals surface area contributed by atoms with E-state index in [9.17, 15) is 0 Å². The van der Waals surface area contributed by atoms with Gasteiger partial charge in [0.1, 0.15) is 0 Å². The van der Waals surface area contributed by atoms with Crippen molar-refractivity contribution in [2.75, 3.05) is 0 Å². The first-order chi connectivity index (χ1) is 5.29. The van der Waals surface area contributed by atoms with E-state index in [4.69, 9.17) is 0 Å². The van der Waals surface area contributed by atoms with Crippen LogP contribution >= 0.6 is 0 Å². The Morgan fingerprint density at radius 3 is 2.91 bits per heavy atom. The van der Waals surface area contributed by atoms with Crippen LogP contribution in [-0.4, -0.2) is 28.9 Å². The molecular formula is C7H7N3Se. The second-order valence-electron chi connectivity index (χ2n) is 2.48. The van der Waals surface area contributed by atoms with E-state index < -0.39 is 0 Å². The number of hydrogen-bond donors (Lipinski definition) is 0. The fourth-order valence-electron chi connectivity index (χ4n) is 1.000. The Bertz CT molecular complexity index is 357. The van der Waals surface area contributed by atoms with Crippen molar-refractivity contribution < 1.29 is 0 Å². The Balaban J connectivity index is 2.96. The summed E-state index contributed by atoms with van der Waals surface area (Å²) >= 11 is 0.202. The molecule has 0 radical (unpaired) electrons. The number of fused-ring (bicyclic) bond motifs is 1. The van der Waals surface area contributed by atoms with Gasteiger partial charge in [-0.15, -0.1) is 0 Å². The number of nitrogens with zero attached hydrogens (tertiary/aromatic N) is 3. The van der Waals surface area contributed by atoms with Gasteiger partial charge in [0.25, 0.3) is 0 Å². The second-order valence-corrected chi connectivity index (χ2v) is 4.06. The van der Waals surface area contributed by atoms with E-state index in [0.717, 1.165) is 11.2 Å². The number of rotatable bonds is 0. The van der Waals surface area contributed by atoms with Crippen LogP contribution in [0, 0.1) is 13.8 Å². The quantitative estimate of drug-likeness (QED) is 0.603. The monoisotopic (exact) mass is 213 g/mol. The summed E-state index contributed by atoms with van der Waals surface area (Å²) < 4.78 is 5.32. The van der Waals surface area contributed by atoms with E-state index in [0.29, 0.717) is 0 Å². The Labute approximate surface area is 70.4 Å². The molecule has 2 aromatic heterocycles. The Kier molecular flexibility index (Phi) is 1.51. The normalized spacial score (nSPS) is 10.7. The first kappa shape index (κ1) is 6.95. The topological polar surface area (TPSA) is 38.7 Å². The minimum atomic E-state index is 0.202. The van der Waals surface area contributed by atoms with E-state index >= 15 is 0 Å². The van der Waals surface area contributed by atoms with Crippen LogP contribution in [0.3, 0.4) is 0 Å². The Morgan fingerprint density at radius 1 is 1.36 bits per heavy atom. The van der Waals surface area contributed by atoms with Crippen LogP contribution in [0.4, 0.5) is 0 Å². The zero-order valence-electron chi connectivity index (χ0n) is 6.33. The van der Waals surface area contributed by atoms with E-state index in [1.165, 1.54) is 9.82 Å². The van der Waals surface area contributed by atoms with Crippen LogP contribution in [0.15, 0.2) is 6.20 Å². The van der Waals surface area contributed by atoms with Crippen LogP contribution in [0.2, 0.25) is 0 Å². The summed E-state index contributed by atoms with van der Waals surface area (Å²) in [5, 5.41) is 4.05. The van der Waals surface area contributed by atoms with Gasteiger partial charge in [-0.2, -0.15) is 0 Å². The van der Waals surface area contributed by atoms with Gasteiger partial charge >= 0.3 is 70.0 Å². The molecule has 2 rings (SSSR count). The third-order valence-corrected chi connectivity index (χ3v) is 3.45. The van der Waals surface area contributed by atoms with Crippen molar-refractivity contribution in [3.05, 3.63) is 17.5 Å². The van der Waals surface area contributed by atoms with Gasteiger partial charge in [0, 0.05) is 0 Å². The summed E-state index contributed by atoms with van der Waals surface area (Å²) in [6.45, 7) is 4.03. The number of pyridine rings is 1. The van der Waals surface area contributed by atoms with Crippen molar-refractivity contribution >= 4 is 24.5 Å². The van der Waals surface area contributed by atoms with Crippen molar-refractivity contribution in [3.63, 3.8) is 0 Å². The fourth-order valence-corrected chi connectivity index (χ4v) is 2.42. The number of aromatic nitrogens is 3. The maximum absolute atomic E-state index is 4.21. The summed E-state index contributed by atoms with van der Waals surface area (Å²) in [6.07, 6.45) is 1.90. The number of aryl methyl sites for hydroxylation is 2. The maximum atomic E-state index is 4.21. The molecule has 0 amide bonds. The molecule has 0 aliphatic carbocycles. The zero-order valence-corrected chi connectivity index (χ0v) is 8.04. The Morgan fingerprint density at radius 2 is 2.18 bits per heavy atom. The molecule has 4 heteroatoms. The first-order valence-corrected chi connectivity index (χ1v) is 4.95. The van der Waals surface area contributed by atoms with Gasteiger partial charge in [-0.3, -0.25) is 0 Å². The molecule has 0 N–H and O–H groups in total. The van der Waals surface area contributed by atoms with Crippen LogP contribution in [0.5, 0.6) is 0 Å². The van der Waals surface area contributed by atoms with Crippen LogP contribution in [0.1, 0.15) is 11.3 Å². The second kappa shape index (κ2) is 2.39. The molecule has 2 aromatic rings. The SMILES string of the molecule is Cc1ncc(C)c2[se]nnc12. The standard InChI is InChI=1S/C7H7N3Se/c1-4-3-8-5(2)6-7(4)11-10-9-6/h3H,1-2H3. The zero-order chi connectivity index (χ0) is 7.84. The van der Waals surface area contributed by atoms with Gasteiger partial charge in [0.2, 0.25) is 0 Å². The van der Waals surface area contributed by atoms with E-state index in [-0.39, 0.29) is 14.7 Å². The average Bonchev–Trinajstić information content (AvgIpc) is 2.45. The summed E-state index contributed by atoms with van der Waals surface area (Å²) in [6, 6.07) is 0. The van der Waals surface area contributed by atoms with Gasteiger partial charge in [-0.1, -0.05) is 0 Å². The summed E-state index contributed by atoms with van der Waals surface area (Å²) in [5.74, 6) is 0. The number of hydrogen-bond acceptors (Lipinski definition) is 3. The van der Waals surface area contributed by atoms with E-state index in [1.807, 2.05) is 13.1 Å². The van der Waals surface area contributed by atoms with Crippen LogP contribution in [-0.2, 0) is 0 Å². The molecule has 0 atom stereocenters. The van der Waals surface area contributed by atoms with Crippen LogP contribution < -0.4 is 0 Å². The van der Waals surface area contributed by atoms with Gasteiger partial charge in [-0.05, 0) is 0 Å². The minimum absolute atomic E-state index is 0.202. The van der Waals surface area contributed by atoms with Crippen molar-refractivity contribution in [2.24, 2.45) is 0 Å². The molecule has 11 heavy (non-hydrogen) atoms. The van der Waals surface area contributed by atoms with Crippen molar-refractivity contribution in [3.8, 4) is 0 Å². The molecule has 0 unspecified atom stereocenters. The predicted octanol–water partition coefficient (Wildman–Crippen LogP) is 0.699. The van der Waals surface area contributed by atoms with E-state index in [1.54, 1.807) is 0 Å². The summed E-state index contributed by atoms with van der Waals surface area (Å²) in [4.78, 5) is 4.21. The summed E-state index contributed by atoms with van der Waals surface area (Å²) in [5.41, 5.74) is 3.22. The van der Waals surface area contributed by atoms with Crippen molar-refractivity contribution in [1.29, 1.82) is 0 Å². The molecule has 2 heterocycles. The molecular weight excluding hydrogens is 205 g/mol. The Hall–Kier alpha value is -0.731. The molecule has 3 nitrogen and oxygen atoms in total. The van der Waals surface area contributed by atoms with Gasteiger partial charge in [0.15, 0.2) is 0 Å². The van der Waals surface area contributed by atoms with Gasteiger partial charge in [-0.25, -0.2) is 0 Å². The molecule has 0 aliphatic rings. The molecule has 0 bridgehead atoms. The molecule has 0 saturated carbocycles. The molecule has 56 valence electrons. The van der Waals surface area contributed by atoms with E-state index in [2.05, 4.69) is 21.1 Å².